The zero-order valence-electron chi connectivity index (χ0n) is 21.1. The number of aromatic nitrogens is 1. The van der Waals surface area contributed by atoms with Gasteiger partial charge in [0.1, 0.15) is 5.75 Å². The first-order valence-electron chi connectivity index (χ1n) is 12.0. The molecule has 186 valence electrons. The topological polar surface area (TPSA) is 72.7 Å². The van der Waals surface area contributed by atoms with Crippen molar-refractivity contribution in [3.05, 3.63) is 126 Å². The van der Waals surface area contributed by atoms with Gasteiger partial charge in [-0.05, 0) is 61.7 Å². The number of benzene rings is 3. The Labute approximate surface area is 218 Å². The predicted molar refractivity (Wildman–Crippen MR) is 148 cm³/mol. The van der Waals surface area contributed by atoms with Crippen LogP contribution in [0, 0.1) is 13.8 Å². The van der Waals surface area contributed by atoms with Crippen molar-refractivity contribution in [1.29, 1.82) is 0 Å². The van der Waals surface area contributed by atoms with Crippen molar-refractivity contribution in [2.24, 2.45) is 4.99 Å². The summed E-state index contributed by atoms with van der Waals surface area (Å²) in [5.41, 5.74) is 5.37. The highest BCUT2D eigenvalue weighted by Crippen LogP contribution is 2.32. The van der Waals surface area contributed by atoms with E-state index in [1.807, 2.05) is 99.6 Å². The third kappa shape index (κ3) is 4.78. The van der Waals surface area contributed by atoms with Crippen LogP contribution < -0.4 is 24.9 Å². The molecule has 7 heteroatoms. The number of fused-ring (bicyclic) bond motifs is 1. The number of carbonyl (C=O) groups is 1. The van der Waals surface area contributed by atoms with Crippen LogP contribution in [-0.2, 0) is 4.79 Å². The largest absolute Gasteiger partial charge is 0.497 e. The molecular formula is C30H27N3O3S. The fourth-order valence-corrected chi connectivity index (χ4v) is 5.60. The molecule has 1 N–H and O–H groups in total. The summed E-state index contributed by atoms with van der Waals surface area (Å²) in [6.07, 6.45) is 1.86. The fourth-order valence-electron chi connectivity index (χ4n) is 4.56. The maximum absolute atomic E-state index is 13.8. The standard InChI is InChI=1S/C30H27N3O3S/c1-18-10-15-24(19(2)16-18)32-28(34)26-20(3)31-30-33(27(26)22-11-13-23(36-4)14-12-22)29(35)25(37-30)17-21-8-6-5-7-9-21/h5-17,27H,1-4H3,(H,32,34)/b25-17+/t27-/m0/s1. The molecule has 1 aromatic heterocycles. The molecule has 1 atom stereocenters. The number of amides is 1. The highest BCUT2D eigenvalue weighted by Gasteiger charge is 2.32. The SMILES string of the molecule is COc1ccc([C@H]2C(C(=O)Nc3ccc(C)cc3C)=C(C)N=c3s/c(=C/c4ccccc4)c(=O)n32)cc1. The molecule has 4 aromatic rings. The number of methoxy groups -OCH3 is 1. The summed E-state index contributed by atoms with van der Waals surface area (Å²) in [7, 11) is 1.61. The average molecular weight is 510 g/mol. The van der Waals surface area contributed by atoms with Gasteiger partial charge < -0.3 is 10.1 Å². The molecule has 1 amide bonds. The van der Waals surface area contributed by atoms with Crippen molar-refractivity contribution in [3.8, 4) is 5.75 Å². The Kier molecular flexibility index (Phi) is 6.63. The highest BCUT2D eigenvalue weighted by atomic mass is 32.1. The van der Waals surface area contributed by atoms with Crippen LogP contribution in [0.3, 0.4) is 0 Å². The summed E-state index contributed by atoms with van der Waals surface area (Å²) in [6.45, 7) is 5.80. The maximum atomic E-state index is 13.8. The summed E-state index contributed by atoms with van der Waals surface area (Å²) in [4.78, 5) is 32.8. The number of hydrogen-bond acceptors (Lipinski definition) is 5. The van der Waals surface area contributed by atoms with Crippen LogP contribution in [0.4, 0.5) is 5.69 Å². The number of anilines is 1. The van der Waals surface area contributed by atoms with Gasteiger partial charge in [-0.15, -0.1) is 0 Å². The normalized spacial score (nSPS) is 15.2. The fraction of sp³-hybridized carbons (Fsp3) is 0.167. The zero-order chi connectivity index (χ0) is 26.1. The van der Waals surface area contributed by atoms with E-state index in [1.54, 1.807) is 11.7 Å². The Morgan fingerprint density at radius 1 is 1.03 bits per heavy atom. The van der Waals surface area contributed by atoms with Crippen molar-refractivity contribution in [2.45, 2.75) is 26.8 Å². The molecule has 0 unspecified atom stereocenters. The first-order chi connectivity index (χ1) is 17.9. The lowest BCUT2D eigenvalue weighted by Gasteiger charge is -2.25. The molecule has 6 nitrogen and oxygen atoms in total. The van der Waals surface area contributed by atoms with E-state index < -0.39 is 6.04 Å². The van der Waals surface area contributed by atoms with Crippen LogP contribution in [0.25, 0.3) is 6.08 Å². The first-order valence-corrected chi connectivity index (χ1v) is 12.8. The quantitative estimate of drug-likeness (QED) is 0.431. The molecule has 3 aromatic carbocycles. The van der Waals surface area contributed by atoms with Crippen LogP contribution in [0.1, 0.15) is 35.2 Å². The van der Waals surface area contributed by atoms with Gasteiger partial charge in [0.05, 0.1) is 29.0 Å². The highest BCUT2D eigenvalue weighted by molar-refractivity contribution is 7.07. The average Bonchev–Trinajstić information content (AvgIpc) is 3.19. The van der Waals surface area contributed by atoms with Gasteiger partial charge in [-0.25, -0.2) is 4.99 Å². The minimum Gasteiger partial charge on any atom is -0.497 e. The molecular weight excluding hydrogens is 482 g/mol. The number of nitrogens with one attached hydrogen (secondary N) is 1. The number of aryl methyl sites for hydroxylation is 2. The van der Waals surface area contributed by atoms with Crippen LogP contribution in [0.2, 0.25) is 0 Å². The number of rotatable bonds is 5. The van der Waals surface area contributed by atoms with Crippen molar-refractivity contribution < 1.29 is 9.53 Å². The minimum atomic E-state index is -0.633. The minimum absolute atomic E-state index is 0.183. The summed E-state index contributed by atoms with van der Waals surface area (Å²) in [6, 6.07) is 22.4. The van der Waals surface area contributed by atoms with Crippen LogP contribution >= 0.6 is 11.3 Å². The Hall–Kier alpha value is -4.23. The number of thiazole rings is 1. The molecule has 0 bridgehead atoms. The Balaban J connectivity index is 1.66. The number of nitrogens with zero attached hydrogens (tertiary/aromatic N) is 2. The molecule has 5 rings (SSSR count). The van der Waals surface area contributed by atoms with E-state index in [0.29, 0.717) is 26.4 Å². The van der Waals surface area contributed by atoms with Crippen LogP contribution in [-0.4, -0.2) is 17.6 Å². The molecule has 37 heavy (non-hydrogen) atoms. The second kappa shape index (κ2) is 10.0. The van der Waals surface area contributed by atoms with Crippen molar-refractivity contribution >= 4 is 29.0 Å². The molecule has 0 fully saturated rings. The van der Waals surface area contributed by atoms with E-state index in [4.69, 9.17) is 9.73 Å². The van der Waals surface area contributed by atoms with Gasteiger partial charge in [0.15, 0.2) is 4.80 Å². The smallest absolute Gasteiger partial charge is 0.271 e. The second-order valence-corrected chi connectivity index (χ2v) is 10.0. The molecule has 1 aliphatic rings. The molecule has 0 radical (unpaired) electrons. The Morgan fingerprint density at radius 3 is 2.43 bits per heavy atom. The number of carbonyl (C=O) groups excluding carboxylic acids is 1. The number of hydrogen-bond donors (Lipinski definition) is 1. The van der Waals surface area contributed by atoms with Gasteiger partial charge in [0.2, 0.25) is 0 Å². The monoisotopic (exact) mass is 509 g/mol. The maximum Gasteiger partial charge on any atom is 0.271 e. The van der Waals surface area contributed by atoms with E-state index in [1.165, 1.54) is 11.3 Å². The van der Waals surface area contributed by atoms with Crippen molar-refractivity contribution in [3.63, 3.8) is 0 Å². The zero-order valence-corrected chi connectivity index (χ0v) is 21.9. The summed E-state index contributed by atoms with van der Waals surface area (Å²) < 4.78 is 7.53. The van der Waals surface area contributed by atoms with E-state index in [-0.39, 0.29) is 11.5 Å². The lowest BCUT2D eigenvalue weighted by Crippen LogP contribution is -2.40. The van der Waals surface area contributed by atoms with Gasteiger partial charge >= 0.3 is 0 Å². The number of ether oxygens (including phenoxy) is 1. The van der Waals surface area contributed by atoms with Crippen molar-refractivity contribution in [1.82, 2.24) is 4.57 Å². The van der Waals surface area contributed by atoms with Gasteiger partial charge in [-0.3, -0.25) is 14.2 Å². The third-order valence-corrected chi connectivity index (χ3v) is 7.41. The lowest BCUT2D eigenvalue weighted by molar-refractivity contribution is -0.113. The summed E-state index contributed by atoms with van der Waals surface area (Å²) >= 11 is 1.33. The molecule has 2 heterocycles. The summed E-state index contributed by atoms with van der Waals surface area (Å²) in [5.74, 6) is 0.411. The molecule has 0 aliphatic carbocycles. The summed E-state index contributed by atoms with van der Waals surface area (Å²) in [5, 5.41) is 3.06. The van der Waals surface area contributed by atoms with E-state index in [0.717, 1.165) is 27.9 Å². The second-order valence-electron chi connectivity index (χ2n) is 9.04. The van der Waals surface area contributed by atoms with Gasteiger partial charge in [-0.2, -0.15) is 0 Å². The molecule has 0 saturated heterocycles. The molecule has 0 saturated carbocycles. The molecule has 1 aliphatic heterocycles. The lowest BCUT2D eigenvalue weighted by atomic mass is 9.95. The van der Waals surface area contributed by atoms with Gasteiger partial charge in [0, 0.05) is 5.69 Å². The van der Waals surface area contributed by atoms with Crippen LogP contribution in [0.5, 0.6) is 5.75 Å². The van der Waals surface area contributed by atoms with Crippen molar-refractivity contribution in [2.75, 3.05) is 12.4 Å². The van der Waals surface area contributed by atoms with Crippen LogP contribution in [0.15, 0.2) is 93.9 Å². The van der Waals surface area contributed by atoms with E-state index in [9.17, 15) is 9.59 Å². The number of allylic oxidation sites excluding steroid dienone is 1. The van der Waals surface area contributed by atoms with E-state index in [2.05, 4.69) is 5.32 Å². The third-order valence-electron chi connectivity index (χ3n) is 6.43. The predicted octanol–water partition coefficient (Wildman–Crippen LogP) is 4.50. The first kappa shape index (κ1) is 24.5. The van der Waals surface area contributed by atoms with Gasteiger partial charge in [-0.1, -0.05) is 71.5 Å². The Bertz CT molecular complexity index is 1700. The van der Waals surface area contributed by atoms with Gasteiger partial charge in [0.25, 0.3) is 11.5 Å². The Morgan fingerprint density at radius 2 is 1.76 bits per heavy atom. The van der Waals surface area contributed by atoms with E-state index >= 15 is 0 Å². The molecule has 0 spiro atoms.